The fourth-order valence-electron chi connectivity index (χ4n) is 2.41. The highest BCUT2D eigenvalue weighted by atomic mass is 19.1. The molecule has 0 aliphatic heterocycles. The van der Waals surface area contributed by atoms with Gasteiger partial charge < -0.3 is 19.9 Å². The van der Waals surface area contributed by atoms with Crippen LogP contribution in [0.15, 0.2) is 24.3 Å². The van der Waals surface area contributed by atoms with Gasteiger partial charge in [0.15, 0.2) is 0 Å². The molecule has 0 unspecified atom stereocenters. The maximum absolute atomic E-state index is 13.1. The molecule has 1 aromatic rings. The molecule has 156 valence electrons. The van der Waals surface area contributed by atoms with Gasteiger partial charge >= 0.3 is 18.0 Å². The van der Waals surface area contributed by atoms with E-state index in [0.717, 1.165) is 0 Å². The van der Waals surface area contributed by atoms with Crippen LogP contribution in [0.2, 0.25) is 0 Å². The standard InChI is InChI=1S/C20H28FNO6/c1-12(2)9-18(25)27-19(13(3)4)28-20(26)22-11-15(10-17(23)24)14-5-7-16(21)8-6-14/h5-8,12-13,15,19H,9-11H2,1-4H3,(H,22,26)(H,23,24)/t15-,19+/m0/s1. The summed E-state index contributed by atoms with van der Waals surface area (Å²) >= 11 is 0. The van der Waals surface area contributed by atoms with Gasteiger partial charge in [0.25, 0.3) is 6.29 Å². The second-order valence-corrected chi connectivity index (χ2v) is 7.33. The van der Waals surface area contributed by atoms with E-state index in [4.69, 9.17) is 14.6 Å². The van der Waals surface area contributed by atoms with E-state index in [1.54, 1.807) is 13.8 Å². The first-order valence-corrected chi connectivity index (χ1v) is 9.19. The van der Waals surface area contributed by atoms with Gasteiger partial charge in [0, 0.05) is 24.8 Å². The molecule has 0 aliphatic rings. The summed E-state index contributed by atoms with van der Waals surface area (Å²) in [5.41, 5.74) is 0.577. The molecule has 0 heterocycles. The number of hydrogen-bond donors (Lipinski definition) is 2. The number of nitrogens with one attached hydrogen (secondary N) is 1. The van der Waals surface area contributed by atoms with E-state index >= 15 is 0 Å². The quantitative estimate of drug-likeness (QED) is 0.461. The first-order valence-electron chi connectivity index (χ1n) is 9.19. The van der Waals surface area contributed by atoms with Crippen molar-refractivity contribution in [2.45, 2.75) is 52.7 Å². The Kier molecular flexibility index (Phi) is 9.41. The molecule has 2 atom stereocenters. The lowest BCUT2D eigenvalue weighted by molar-refractivity contribution is -0.175. The van der Waals surface area contributed by atoms with E-state index in [1.807, 2.05) is 13.8 Å². The van der Waals surface area contributed by atoms with E-state index in [-0.39, 0.29) is 31.2 Å². The molecular weight excluding hydrogens is 369 g/mol. The molecule has 1 rings (SSSR count). The number of carbonyl (C=O) groups is 3. The Hall–Kier alpha value is -2.64. The lowest BCUT2D eigenvalue weighted by Gasteiger charge is -2.23. The van der Waals surface area contributed by atoms with Crippen molar-refractivity contribution in [3.05, 3.63) is 35.6 Å². The number of alkyl carbamates (subject to hydrolysis) is 1. The third kappa shape index (κ3) is 8.83. The summed E-state index contributed by atoms with van der Waals surface area (Å²) in [5, 5.41) is 11.6. The maximum Gasteiger partial charge on any atom is 0.410 e. The van der Waals surface area contributed by atoms with Crippen molar-refractivity contribution in [2.24, 2.45) is 11.8 Å². The smallest absolute Gasteiger partial charge is 0.410 e. The van der Waals surface area contributed by atoms with Crippen LogP contribution in [0.5, 0.6) is 0 Å². The molecular formula is C20H28FNO6. The van der Waals surface area contributed by atoms with Crippen LogP contribution in [0.25, 0.3) is 0 Å². The van der Waals surface area contributed by atoms with Crippen LogP contribution in [0.1, 0.15) is 52.0 Å². The van der Waals surface area contributed by atoms with Crippen molar-refractivity contribution in [2.75, 3.05) is 6.54 Å². The van der Waals surface area contributed by atoms with Crippen LogP contribution in [0, 0.1) is 17.7 Å². The van der Waals surface area contributed by atoms with E-state index in [1.165, 1.54) is 24.3 Å². The van der Waals surface area contributed by atoms with Crippen LogP contribution in [0.3, 0.4) is 0 Å². The van der Waals surface area contributed by atoms with E-state index in [0.29, 0.717) is 5.56 Å². The van der Waals surface area contributed by atoms with Gasteiger partial charge in [0.05, 0.1) is 6.42 Å². The van der Waals surface area contributed by atoms with Crippen molar-refractivity contribution in [1.29, 1.82) is 0 Å². The fraction of sp³-hybridized carbons (Fsp3) is 0.550. The number of amides is 1. The second kappa shape index (κ2) is 11.3. The molecule has 0 saturated heterocycles. The number of hydrogen-bond acceptors (Lipinski definition) is 5. The van der Waals surface area contributed by atoms with Crippen LogP contribution in [-0.4, -0.2) is 36.0 Å². The van der Waals surface area contributed by atoms with Crippen molar-refractivity contribution >= 4 is 18.0 Å². The van der Waals surface area contributed by atoms with Gasteiger partial charge in [-0.1, -0.05) is 39.8 Å². The first kappa shape index (κ1) is 23.4. The molecule has 1 amide bonds. The van der Waals surface area contributed by atoms with Gasteiger partial charge in [-0.15, -0.1) is 0 Å². The zero-order valence-electron chi connectivity index (χ0n) is 16.6. The number of carbonyl (C=O) groups excluding carboxylic acids is 2. The minimum atomic E-state index is -1.05. The fourth-order valence-corrected chi connectivity index (χ4v) is 2.41. The number of esters is 1. The second-order valence-electron chi connectivity index (χ2n) is 7.33. The van der Waals surface area contributed by atoms with Gasteiger partial charge in [-0.25, -0.2) is 9.18 Å². The Morgan fingerprint density at radius 1 is 1.04 bits per heavy atom. The normalized spacial score (nSPS) is 13.1. The van der Waals surface area contributed by atoms with Crippen molar-refractivity contribution in [3.8, 4) is 0 Å². The summed E-state index contributed by atoms with van der Waals surface area (Å²) in [7, 11) is 0. The number of carboxylic acids is 1. The molecule has 0 aliphatic carbocycles. The summed E-state index contributed by atoms with van der Waals surface area (Å²) in [6.45, 7) is 7.20. The molecule has 0 fully saturated rings. The van der Waals surface area contributed by atoms with Crippen LogP contribution in [0.4, 0.5) is 9.18 Å². The molecule has 7 nitrogen and oxygen atoms in total. The summed E-state index contributed by atoms with van der Waals surface area (Å²) < 4.78 is 23.5. The predicted octanol–water partition coefficient (Wildman–Crippen LogP) is 3.68. The number of aliphatic carboxylic acids is 1. The lowest BCUT2D eigenvalue weighted by atomic mass is 9.96. The van der Waals surface area contributed by atoms with Crippen molar-refractivity contribution in [1.82, 2.24) is 5.32 Å². The third-order valence-corrected chi connectivity index (χ3v) is 3.85. The minimum absolute atomic E-state index is 0.0263. The molecule has 0 spiro atoms. The highest BCUT2D eigenvalue weighted by Crippen LogP contribution is 2.20. The molecule has 0 saturated carbocycles. The summed E-state index contributed by atoms with van der Waals surface area (Å²) in [6, 6.07) is 5.40. The SMILES string of the molecule is CC(C)CC(=O)O[C@H](OC(=O)NC[C@H](CC(=O)O)c1ccc(F)cc1)C(C)C. The molecule has 0 radical (unpaired) electrons. The lowest BCUT2D eigenvalue weighted by Crippen LogP contribution is -2.36. The minimum Gasteiger partial charge on any atom is -0.481 e. The van der Waals surface area contributed by atoms with Gasteiger partial charge in [0.2, 0.25) is 0 Å². The molecule has 2 N–H and O–H groups in total. The average Bonchev–Trinajstić information content (AvgIpc) is 2.57. The van der Waals surface area contributed by atoms with Gasteiger partial charge in [-0.2, -0.15) is 0 Å². The number of halogens is 1. The van der Waals surface area contributed by atoms with Gasteiger partial charge in [0.1, 0.15) is 5.82 Å². The Morgan fingerprint density at radius 2 is 1.64 bits per heavy atom. The monoisotopic (exact) mass is 397 g/mol. The zero-order chi connectivity index (χ0) is 21.3. The topological polar surface area (TPSA) is 102 Å². The molecule has 0 aromatic heterocycles. The van der Waals surface area contributed by atoms with Gasteiger partial charge in [-0.3, -0.25) is 9.59 Å². The first-order chi connectivity index (χ1) is 13.1. The largest absolute Gasteiger partial charge is 0.481 e. The third-order valence-electron chi connectivity index (χ3n) is 3.85. The highest BCUT2D eigenvalue weighted by Gasteiger charge is 2.24. The van der Waals surface area contributed by atoms with Crippen molar-refractivity contribution < 1.29 is 33.4 Å². The summed E-state index contributed by atoms with van der Waals surface area (Å²) in [4.78, 5) is 35.0. The predicted molar refractivity (Wildman–Crippen MR) is 100 cm³/mol. The van der Waals surface area contributed by atoms with Gasteiger partial charge in [-0.05, 0) is 23.6 Å². The highest BCUT2D eigenvalue weighted by molar-refractivity contribution is 5.71. The Morgan fingerprint density at radius 3 is 2.14 bits per heavy atom. The van der Waals surface area contributed by atoms with Crippen LogP contribution in [-0.2, 0) is 19.1 Å². The van der Waals surface area contributed by atoms with Crippen LogP contribution < -0.4 is 5.32 Å². The molecule has 28 heavy (non-hydrogen) atoms. The zero-order valence-corrected chi connectivity index (χ0v) is 16.6. The van der Waals surface area contributed by atoms with E-state index < -0.39 is 36.1 Å². The number of carboxylic acid groups (broad SMARTS) is 1. The van der Waals surface area contributed by atoms with E-state index in [2.05, 4.69) is 5.32 Å². The Bertz CT molecular complexity index is 659. The van der Waals surface area contributed by atoms with Crippen molar-refractivity contribution in [3.63, 3.8) is 0 Å². The molecule has 1 aromatic carbocycles. The number of rotatable bonds is 10. The Balaban J connectivity index is 2.67. The maximum atomic E-state index is 13.1. The number of ether oxygens (including phenoxy) is 2. The molecule has 0 bridgehead atoms. The molecule has 8 heteroatoms. The average molecular weight is 397 g/mol. The summed E-state index contributed by atoms with van der Waals surface area (Å²) in [6.07, 6.45) is -1.91. The van der Waals surface area contributed by atoms with Crippen LogP contribution >= 0.6 is 0 Å². The number of benzene rings is 1. The summed E-state index contributed by atoms with van der Waals surface area (Å²) in [5.74, 6) is -2.65. The Labute approximate surface area is 164 Å². The van der Waals surface area contributed by atoms with E-state index in [9.17, 15) is 18.8 Å².